The lowest BCUT2D eigenvalue weighted by atomic mass is 10.3. The van der Waals surface area contributed by atoms with Crippen molar-refractivity contribution in [2.24, 2.45) is 0 Å². The fourth-order valence-corrected chi connectivity index (χ4v) is 1.28. The fourth-order valence-electron chi connectivity index (χ4n) is 1.28. The minimum absolute atomic E-state index is 0.790. The second-order valence-corrected chi connectivity index (χ2v) is 3.07. The van der Waals surface area contributed by atoms with Gasteiger partial charge in [-0.15, -0.1) is 5.10 Å². The largest absolute Gasteiger partial charge is 0.319 e. The number of nitrogens with zero attached hydrogens (tertiary/aromatic N) is 5. The van der Waals surface area contributed by atoms with Crippen LogP contribution >= 0.6 is 0 Å². The van der Waals surface area contributed by atoms with Crippen LogP contribution in [0.5, 0.6) is 0 Å². The zero-order valence-corrected chi connectivity index (χ0v) is 8.46. The summed E-state index contributed by atoms with van der Waals surface area (Å²) in [7, 11) is 1.90. The van der Waals surface area contributed by atoms with Crippen molar-refractivity contribution in [1.82, 2.24) is 30.5 Å². The Balaban J connectivity index is 2.25. The third kappa shape index (κ3) is 2.16. The number of hydrogen-bond acceptors (Lipinski definition) is 5. The highest BCUT2D eigenvalue weighted by molar-refractivity contribution is 5.26. The Morgan fingerprint density at radius 3 is 3.13 bits per heavy atom. The molecular formula is C9H12N6. The molecule has 15 heavy (non-hydrogen) atoms. The van der Waals surface area contributed by atoms with Crippen LogP contribution in [0.1, 0.15) is 5.82 Å². The Morgan fingerprint density at radius 2 is 2.40 bits per heavy atom. The van der Waals surface area contributed by atoms with Gasteiger partial charge >= 0.3 is 0 Å². The molecule has 0 radical (unpaired) electrons. The summed E-state index contributed by atoms with van der Waals surface area (Å²) in [6, 6.07) is 3.78. The summed E-state index contributed by atoms with van der Waals surface area (Å²) in [4.78, 5) is 4.03. The SMILES string of the molecule is CNCCc1nnnn1-c1cccnc1. The number of likely N-dealkylation sites (N-methyl/N-ethyl adjacent to an activating group) is 1. The molecule has 2 aromatic rings. The number of hydrogen-bond donors (Lipinski definition) is 1. The first-order valence-electron chi connectivity index (χ1n) is 4.74. The number of rotatable bonds is 4. The summed E-state index contributed by atoms with van der Waals surface area (Å²) in [6.45, 7) is 0.848. The Hall–Kier alpha value is -1.82. The van der Waals surface area contributed by atoms with Gasteiger partial charge in [0.25, 0.3) is 0 Å². The molecule has 0 unspecified atom stereocenters. The third-order valence-electron chi connectivity index (χ3n) is 2.02. The van der Waals surface area contributed by atoms with Crippen LogP contribution in [0.3, 0.4) is 0 Å². The number of nitrogens with one attached hydrogen (secondary N) is 1. The minimum atomic E-state index is 0.790. The van der Waals surface area contributed by atoms with Crippen molar-refractivity contribution in [3.63, 3.8) is 0 Å². The average molecular weight is 204 g/mol. The van der Waals surface area contributed by atoms with Gasteiger partial charge in [0.15, 0.2) is 5.82 Å². The molecule has 2 rings (SSSR count). The van der Waals surface area contributed by atoms with Gasteiger partial charge in [0.1, 0.15) is 0 Å². The molecular weight excluding hydrogens is 192 g/mol. The first-order valence-corrected chi connectivity index (χ1v) is 4.74. The van der Waals surface area contributed by atoms with Gasteiger partial charge in [-0.25, -0.2) is 0 Å². The van der Waals surface area contributed by atoms with Crippen molar-refractivity contribution in [3.05, 3.63) is 30.4 Å². The minimum Gasteiger partial charge on any atom is -0.319 e. The summed E-state index contributed by atoms with van der Waals surface area (Å²) in [6.07, 6.45) is 4.25. The molecule has 0 aliphatic rings. The van der Waals surface area contributed by atoms with E-state index in [9.17, 15) is 0 Å². The van der Waals surface area contributed by atoms with Gasteiger partial charge in [0.05, 0.1) is 11.9 Å². The second-order valence-electron chi connectivity index (χ2n) is 3.07. The topological polar surface area (TPSA) is 68.5 Å². The van der Waals surface area contributed by atoms with Crippen LogP contribution in [0.2, 0.25) is 0 Å². The summed E-state index contributed by atoms with van der Waals surface area (Å²) in [5.74, 6) is 0.831. The van der Waals surface area contributed by atoms with Crippen LogP contribution in [-0.2, 0) is 6.42 Å². The van der Waals surface area contributed by atoms with Crippen LogP contribution in [0.25, 0.3) is 5.69 Å². The van der Waals surface area contributed by atoms with E-state index < -0.39 is 0 Å². The maximum absolute atomic E-state index is 4.03. The van der Waals surface area contributed by atoms with Crippen LogP contribution in [-0.4, -0.2) is 38.8 Å². The highest BCUT2D eigenvalue weighted by Gasteiger charge is 2.06. The first kappa shape index (κ1) is 9.72. The molecule has 0 fully saturated rings. The third-order valence-corrected chi connectivity index (χ3v) is 2.02. The fraction of sp³-hybridized carbons (Fsp3) is 0.333. The Morgan fingerprint density at radius 1 is 1.47 bits per heavy atom. The zero-order valence-electron chi connectivity index (χ0n) is 8.46. The van der Waals surface area contributed by atoms with Gasteiger partial charge in [-0.1, -0.05) is 0 Å². The number of tetrazole rings is 1. The van der Waals surface area contributed by atoms with Gasteiger partial charge in [-0.05, 0) is 29.6 Å². The summed E-state index contributed by atoms with van der Waals surface area (Å²) >= 11 is 0. The lowest BCUT2D eigenvalue weighted by Crippen LogP contribution is -2.14. The Bertz CT molecular complexity index is 410. The maximum Gasteiger partial charge on any atom is 0.158 e. The molecule has 0 spiro atoms. The van der Waals surface area contributed by atoms with Gasteiger partial charge in [-0.3, -0.25) is 4.98 Å². The first-order chi connectivity index (χ1) is 7.42. The smallest absolute Gasteiger partial charge is 0.158 e. The van der Waals surface area contributed by atoms with Crippen molar-refractivity contribution in [2.45, 2.75) is 6.42 Å². The van der Waals surface area contributed by atoms with Gasteiger partial charge in [-0.2, -0.15) is 4.68 Å². The second kappa shape index (κ2) is 4.61. The van der Waals surface area contributed by atoms with Crippen molar-refractivity contribution in [2.75, 3.05) is 13.6 Å². The molecule has 2 aromatic heterocycles. The predicted molar refractivity (Wildman–Crippen MR) is 54.6 cm³/mol. The molecule has 78 valence electrons. The highest BCUT2D eigenvalue weighted by atomic mass is 15.5. The van der Waals surface area contributed by atoms with E-state index in [0.717, 1.165) is 24.5 Å². The molecule has 0 saturated carbocycles. The number of pyridine rings is 1. The van der Waals surface area contributed by atoms with Crippen molar-refractivity contribution >= 4 is 0 Å². The molecule has 6 heteroatoms. The molecule has 6 nitrogen and oxygen atoms in total. The molecule has 0 aliphatic heterocycles. The van der Waals surface area contributed by atoms with E-state index in [1.165, 1.54) is 0 Å². The van der Waals surface area contributed by atoms with Gasteiger partial charge in [0.2, 0.25) is 0 Å². The molecule has 2 heterocycles. The van der Waals surface area contributed by atoms with E-state index in [-0.39, 0.29) is 0 Å². The predicted octanol–water partition coefficient (Wildman–Crippen LogP) is -0.181. The van der Waals surface area contributed by atoms with E-state index in [1.54, 1.807) is 17.1 Å². The zero-order chi connectivity index (χ0) is 10.5. The van der Waals surface area contributed by atoms with Crippen molar-refractivity contribution in [1.29, 1.82) is 0 Å². The van der Waals surface area contributed by atoms with Crippen molar-refractivity contribution < 1.29 is 0 Å². The monoisotopic (exact) mass is 204 g/mol. The number of aromatic nitrogens is 5. The van der Waals surface area contributed by atoms with Crippen LogP contribution in [0, 0.1) is 0 Å². The molecule has 0 amide bonds. The van der Waals surface area contributed by atoms with E-state index >= 15 is 0 Å². The van der Waals surface area contributed by atoms with Crippen LogP contribution < -0.4 is 5.32 Å². The summed E-state index contributed by atoms with van der Waals surface area (Å²) in [5.41, 5.74) is 0.883. The molecule has 0 bridgehead atoms. The average Bonchev–Trinajstić information content (AvgIpc) is 2.75. The van der Waals surface area contributed by atoms with E-state index in [1.807, 2.05) is 19.2 Å². The molecule has 0 aromatic carbocycles. The Kier molecular flexibility index (Phi) is 2.99. The molecule has 1 N–H and O–H groups in total. The lowest BCUT2D eigenvalue weighted by molar-refractivity contribution is 0.715. The molecule has 0 aliphatic carbocycles. The normalized spacial score (nSPS) is 10.5. The standard InChI is InChI=1S/C9H12N6/c1-10-6-4-9-12-13-14-15(9)8-3-2-5-11-7-8/h2-3,5,7,10H,4,6H2,1H3. The van der Waals surface area contributed by atoms with Gasteiger partial charge < -0.3 is 5.32 Å². The van der Waals surface area contributed by atoms with Crippen LogP contribution in [0.4, 0.5) is 0 Å². The van der Waals surface area contributed by atoms with E-state index in [0.29, 0.717) is 0 Å². The van der Waals surface area contributed by atoms with Crippen LogP contribution in [0.15, 0.2) is 24.5 Å². The highest BCUT2D eigenvalue weighted by Crippen LogP contribution is 2.05. The van der Waals surface area contributed by atoms with E-state index in [4.69, 9.17) is 0 Å². The summed E-state index contributed by atoms with van der Waals surface area (Å²) < 4.78 is 1.70. The van der Waals surface area contributed by atoms with Gasteiger partial charge in [0, 0.05) is 19.2 Å². The quantitative estimate of drug-likeness (QED) is 0.748. The molecule has 0 atom stereocenters. The maximum atomic E-state index is 4.03. The van der Waals surface area contributed by atoms with E-state index in [2.05, 4.69) is 25.8 Å². The lowest BCUT2D eigenvalue weighted by Gasteiger charge is -2.02. The van der Waals surface area contributed by atoms with Crippen molar-refractivity contribution in [3.8, 4) is 5.69 Å². The summed E-state index contributed by atoms with van der Waals surface area (Å²) in [5, 5.41) is 14.6. The Labute approximate surface area is 87.3 Å². The molecule has 0 saturated heterocycles.